The topological polar surface area (TPSA) is 75.2 Å². The fourth-order valence-corrected chi connectivity index (χ4v) is 3.48. The number of hydrogen-bond acceptors (Lipinski definition) is 5. The minimum atomic E-state index is -0.499. The first-order valence-corrected chi connectivity index (χ1v) is 9.38. The van der Waals surface area contributed by atoms with Crippen LogP contribution in [-0.4, -0.2) is 28.0 Å². The Labute approximate surface area is 167 Å². The number of nitrogen functional groups attached to an aromatic ring is 1. The molecule has 8 heteroatoms. The fraction of sp³-hybridized carbons (Fsp3) is 0.300. The molecular weight excluding hydrogens is 383 g/mol. The van der Waals surface area contributed by atoms with Crippen LogP contribution in [0, 0.1) is 5.82 Å². The third-order valence-corrected chi connectivity index (χ3v) is 5.14. The highest BCUT2D eigenvalue weighted by Crippen LogP contribution is 2.33. The Balaban J connectivity index is 1.58. The number of benzene rings is 1. The lowest BCUT2D eigenvalue weighted by atomic mass is 10.1. The number of anilines is 1. The number of aromatic nitrogens is 3. The van der Waals surface area contributed by atoms with E-state index in [0.29, 0.717) is 22.9 Å². The van der Waals surface area contributed by atoms with E-state index in [1.54, 1.807) is 25.4 Å². The van der Waals surface area contributed by atoms with Crippen LogP contribution in [0.15, 0.2) is 42.9 Å². The van der Waals surface area contributed by atoms with Gasteiger partial charge in [-0.15, -0.1) is 0 Å². The number of rotatable bonds is 5. The van der Waals surface area contributed by atoms with Gasteiger partial charge < -0.3 is 15.2 Å². The van der Waals surface area contributed by atoms with Gasteiger partial charge in [-0.25, -0.2) is 9.37 Å². The van der Waals surface area contributed by atoms with E-state index in [9.17, 15) is 4.39 Å². The summed E-state index contributed by atoms with van der Waals surface area (Å²) in [6.45, 7) is 3.20. The molecule has 0 saturated carbocycles. The number of ether oxygens (including phenoxy) is 2. The van der Waals surface area contributed by atoms with Crippen molar-refractivity contribution < 1.29 is 13.9 Å². The van der Waals surface area contributed by atoms with Crippen LogP contribution in [-0.2, 0) is 4.74 Å². The molecule has 2 unspecified atom stereocenters. The van der Waals surface area contributed by atoms with Crippen molar-refractivity contribution in [2.75, 3.05) is 18.9 Å². The van der Waals surface area contributed by atoms with Gasteiger partial charge in [-0.05, 0) is 37.6 Å². The van der Waals surface area contributed by atoms with E-state index in [2.05, 4.69) is 10.1 Å². The molecule has 4 rings (SSSR count). The first kappa shape index (κ1) is 18.7. The van der Waals surface area contributed by atoms with Crippen LogP contribution in [0.2, 0.25) is 5.02 Å². The van der Waals surface area contributed by atoms with Gasteiger partial charge >= 0.3 is 0 Å². The second kappa shape index (κ2) is 7.77. The molecule has 0 bridgehead atoms. The molecule has 1 aromatic carbocycles. The molecule has 2 N–H and O–H groups in total. The average molecular weight is 403 g/mol. The Hall–Kier alpha value is -2.64. The number of pyridine rings is 1. The van der Waals surface area contributed by atoms with Crippen molar-refractivity contribution in [1.29, 1.82) is 0 Å². The van der Waals surface area contributed by atoms with E-state index in [4.69, 9.17) is 26.8 Å². The van der Waals surface area contributed by atoms with E-state index in [0.717, 1.165) is 24.2 Å². The van der Waals surface area contributed by atoms with Gasteiger partial charge in [0, 0.05) is 40.7 Å². The quantitative estimate of drug-likeness (QED) is 0.683. The molecule has 0 amide bonds. The Bertz CT molecular complexity index is 988. The van der Waals surface area contributed by atoms with Crippen molar-refractivity contribution in [2.45, 2.75) is 25.5 Å². The van der Waals surface area contributed by atoms with Crippen LogP contribution in [0.25, 0.3) is 11.1 Å². The number of halogens is 2. The monoisotopic (exact) mass is 402 g/mol. The maximum atomic E-state index is 13.6. The van der Waals surface area contributed by atoms with Crippen LogP contribution in [0.4, 0.5) is 10.2 Å². The van der Waals surface area contributed by atoms with Crippen molar-refractivity contribution in [3.63, 3.8) is 0 Å². The van der Waals surface area contributed by atoms with Crippen molar-refractivity contribution in [3.8, 4) is 16.9 Å². The van der Waals surface area contributed by atoms with E-state index >= 15 is 0 Å². The highest BCUT2D eigenvalue weighted by molar-refractivity contribution is 6.31. The summed E-state index contributed by atoms with van der Waals surface area (Å²) in [7, 11) is 0. The Morgan fingerprint density at radius 2 is 2.18 bits per heavy atom. The summed E-state index contributed by atoms with van der Waals surface area (Å²) < 4.78 is 26.9. The molecule has 0 aliphatic carbocycles. The van der Waals surface area contributed by atoms with Crippen LogP contribution < -0.4 is 10.5 Å². The summed E-state index contributed by atoms with van der Waals surface area (Å²) in [6.07, 6.45) is 5.86. The SMILES string of the molecule is CC(Oc1cc(-c2cnn(C3CCOC3)c2)cnc1N)c1cc(F)ccc1Cl. The van der Waals surface area contributed by atoms with Crippen molar-refractivity contribution in [1.82, 2.24) is 14.8 Å². The van der Waals surface area contributed by atoms with Gasteiger partial charge in [0.15, 0.2) is 11.6 Å². The summed E-state index contributed by atoms with van der Waals surface area (Å²) in [6, 6.07) is 6.22. The lowest BCUT2D eigenvalue weighted by Gasteiger charge is -2.18. The zero-order chi connectivity index (χ0) is 19.7. The number of hydrogen-bond donors (Lipinski definition) is 1. The van der Waals surface area contributed by atoms with Gasteiger partial charge in [-0.3, -0.25) is 4.68 Å². The lowest BCUT2D eigenvalue weighted by Crippen LogP contribution is -2.08. The molecule has 1 aliphatic rings. The number of nitrogens with zero attached hydrogens (tertiary/aromatic N) is 3. The average Bonchev–Trinajstić information content (AvgIpc) is 3.36. The molecule has 2 aromatic heterocycles. The molecule has 3 heterocycles. The van der Waals surface area contributed by atoms with Crippen molar-refractivity contribution in [3.05, 3.63) is 59.3 Å². The summed E-state index contributed by atoms with van der Waals surface area (Å²) in [5, 5.41) is 4.86. The van der Waals surface area contributed by atoms with Crippen LogP contribution in [0.1, 0.15) is 31.1 Å². The van der Waals surface area contributed by atoms with E-state index in [1.807, 2.05) is 10.9 Å². The molecule has 3 aromatic rings. The summed E-state index contributed by atoms with van der Waals surface area (Å²) >= 11 is 6.17. The minimum absolute atomic E-state index is 0.250. The number of nitrogens with two attached hydrogens (primary N) is 1. The van der Waals surface area contributed by atoms with Gasteiger partial charge in [-0.2, -0.15) is 5.10 Å². The van der Waals surface area contributed by atoms with Crippen LogP contribution >= 0.6 is 11.6 Å². The second-order valence-corrected chi connectivity index (χ2v) is 7.17. The van der Waals surface area contributed by atoms with Gasteiger partial charge in [0.05, 0.1) is 18.8 Å². The second-order valence-electron chi connectivity index (χ2n) is 6.76. The van der Waals surface area contributed by atoms with Crippen LogP contribution in [0.3, 0.4) is 0 Å². The minimum Gasteiger partial charge on any atom is -0.482 e. The standard InChI is InChI=1S/C20H20ClFN4O2/c1-12(17-7-15(22)2-3-18(17)21)28-19-6-13(8-24-20(19)23)14-9-25-26(10-14)16-4-5-27-11-16/h2-3,6-10,12,16H,4-5,11H2,1H3,(H2,23,24). The molecule has 6 nitrogen and oxygen atoms in total. The third kappa shape index (κ3) is 3.81. The highest BCUT2D eigenvalue weighted by atomic mass is 35.5. The maximum absolute atomic E-state index is 13.6. The summed E-state index contributed by atoms with van der Waals surface area (Å²) in [5.41, 5.74) is 8.26. The van der Waals surface area contributed by atoms with Gasteiger partial charge in [0.1, 0.15) is 11.9 Å². The van der Waals surface area contributed by atoms with Gasteiger partial charge in [0.25, 0.3) is 0 Å². The Kier molecular flexibility index (Phi) is 5.19. The van der Waals surface area contributed by atoms with Gasteiger partial charge in [-0.1, -0.05) is 11.6 Å². The molecule has 1 aliphatic heterocycles. The van der Waals surface area contributed by atoms with Crippen LogP contribution in [0.5, 0.6) is 5.75 Å². The van der Waals surface area contributed by atoms with E-state index < -0.39 is 6.10 Å². The molecule has 0 spiro atoms. The lowest BCUT2D eigenvalue weighted by molar-refractivity contribution is 0.184. The molecular formula is C20H20ClFN4O2. The predicted octanol–water partition coefficient (Wildman–Crippen LogP) is 4.42. The van der Waals surface area contributed by atoms with E-state index in [1.165, 1.54) is 18.2 Å². The molecule has 1 saturated heterocycles. The zero-order valence-electron chi connectivity index (χ0n) is 15.3. The summed E-state index contributed by atoms with van der Waals surface area (Å²) in [5.74, 6) is 0.278. The Morgan fingerprint density at radius 1 is 1.32 bits per heavy atom. The normalized spacial score (nSPS) is 17.6. The predicted molar refractivity (Wildman–Crippen MR) is 105 cm³/mol. The highest BCUT2D eigenvalue weighted by Gasteiger charge is 2.19. The fourth-order valence-electron chi connectivity index (χ4n) is 3.20. The van der Waals surface area contributed by atoms with E-state index in [-0.39, 0.29) is 17.7 Å². The van der Waals surface area contributed by atoms with Gasteiger partial charge in [0.2, 0.25) is 0 Å². The van der Waals surface area contributed by atoms with Crippen molar-refractivity contribution in [2.24, 2.45) is 0 Å². The molecule has 28 heavy (non-hydrogen) atoms. The third-order valence-electron chi connectivity index (χ3n) is 4.80. The first-order chi connectivity index (χ1) is 13.5. The molecule has 1 fully saturated rings. The first-order valence-electron chi connectivity index (χ1n) is 9.00. The molecule has 0 radical (unpaired) electrons. The smallest absolute Gasteiger partial charge is 0.166 e. The Morgan fingerprint density at radius 3 is 2.96 bits per heavy atom. The van der Waals surface area contributed by atoms with Crippen molar-refractivity contribution >= 4 is 17.4 Å². The zero-order valence-corrected chi connectivity index (χ0v) is 16.1. The maximum Gasteiger partial charge on any atom is 0.166 e. The largest absolute Gasteiger partial charge is 0.482 e. The molecule has 146 valence electrons. The molecule has 2 atom stereocenters. The summed E-state index contributed by atoms with van der Waals surface area (Å²) in [4.78, 5) is 4.23.